The Kier molecular flexibility index (Phi) is 3.14. The summed E-state index contributed by atoms with van der Waals surface area (Å²) in [6.07, 6.45) is 2.37. The van der Waals surface area contributed by atoms with Crippen LogP contribution in [0.25, 0.3) is 0 Å². The number of likely N-dealkylation sites (tertiary alicyclic amines) is 1. The summed E-state index contributed by atoms with van der Waals surface area (Å²) in [5.74, 6) is -0.905. The third kappa shape index (κ3) is 1.91. The quantitative estimate of drug-likeness (QED) is 0.739. The lowest BCUT2D eigenvalue weighted by molar-refractivity contribution is -0.145. The van der Waals surface area contributed by atoms with Gasteiger partial charge >= 0.3 is 5.97 Å². The molecule has 0 spiro atoms. The van der Waals surface area contributed by atoms with E-state index in [4.69, 9.17) is 9.84 Å². The van der Waals surface area contributed by atoms with Crippen molar-refractivity contribution in [2.24, 2.45) is 11.8 Å². The number of likely N-dealkylation sites (N-methyl/N-ethyl adjacent to an activating group) is 1. The molecule has 2 saturated heterocycles. The van der Waals surface area contributed by atoms with Gasteiger partial charge in [-0.15, -0.1) is 0 Å². The predicted molar refractivity (Wildman–Crippen MR) is 55.8 cm³/mol. The molecule has 3 unspecified atom stereocenters. The number of carbonyl (C=O) groups excluding carboxylic acids is 1. The minimum atomic E-state index is -0.907. The van der Waals surface area contributed by atoms with Gasteiger partial charge in [-0.25, -0.2) is 4.79 Å². The number of aliphatic carboxylic acids is 1. The molecule has 2 rings (SSSR count). The Hall–Kier alpha value is -1.10. The third-order valence-corrected chi connectivity index (χ3v) is 3.66. The summed E-state index contributed by atoms with van der Waals surface area (Å²) in [5, 5.41) is 8.99. The standard InChI is InChI=1S/C11H17NO4/c1-12-9(11(14)15)5-8(10(12)13)7-3-2-4-16-6-7/h7-9H,2-6H2,1H3,(H,14,15). The van der Waals surface area contributed by atoms with E-state index in [2.05, 4.69) is 0 Å². The molecule has 2 aliphatic heterocycles. The van der Waals surface area contributed by atoms with Gasteiger partial charge in [-0.1, -0.05) is 0 Å². The molecule has 0 saturated carbocycles. The number of amides is 1. The molecule has 16 heavy (non-hydrogen) atoms. The van der Waals surface area contributed by atoms with E-state index in [1.165, 1.54) is 4.90 Å². The second-order valence-electron chi connectivity index (χ2n) is 4.62. The van der Waals surface area contributed by atoms with E-state index < -0.39 is 12.0 Å². The molecule has 90 valence electrons. The number of nitrogens with zero attached hydrogens (tertiary/aromatic N) is 1. The van der Waals surface area contributed by atoms with Crippen molar-refractivity contribution >= 4 is 11.9 Å². The number of rotatable bonds is 2. The number of ether oxygens (including phenoxy) is 1. The largest absolute Gasteiger partial charge is 0.480 e. The normalized spacial score (nSPS) is 35.4. The maximum absolute atomic E-state index is 11.9. The number of hydrogen-bond donors (Lipinski definition) is 1. The second kappa shape index (κ2) is 4.41. The average molecular weight is 227 g/mol. The van der Waals surface area contributed by atoms with Gasteiger partial charge in [0.2, 0.25) is 5.91 Å². The van der Waals surface area contributed by atoms with E-state index in [9.17, 15) is 9.59 Å². The zero-order chi connectivity index (χ0) is 11.7. The number of carboxylic acid groups (broad SMARTS) is 1. The van der Waals surface area contributed by atoms with Gasteiger partial charge in [0, 0.05) is 19.6 Å². The van der Waals surface area contributed by atoms with Crippen LogP contribution in [0.5, 0.6) is 0 Å². The molecule has 2 aliphatic rings. The van der Waals surface area contributed by atoms with Crippen LogP contribution in [0.2, 0.25) is 0 Å². The van der Waals surface area contributed by atoms with Gasteiger partial charge in [-0.3, -0.25) is 4.79 Å². The van der Waals surface area contributed by atoms with E-state index in [0.29, 0.717) is 13.0 Å². The molecule has 5 heteroatoms. The van der Waals surface area contributed by atoms with Gasteiger partial charge in [-0.2, -0.15) is 0 Å². The average Bonchev–Trinajstić information content (AvgIpc) is 2.58. The summed E-state index contributed by atoms with van der Waals surface area (Å²) >= 11 is 0. The smallest absolute Gasteiger partial charge is 0.326 e. The molecule has 0 bridgehead atoms. The lowest BCUT2D eigenvalue weighted by Gasteiger charge is -2.26. The van der Waals surface area contributed by atoms with Gasteiger partial charge in [0.25, 0.3) is 0 Å². The van der Waals surface area contributed by atoms with Crippen LogP contribution < -0.4 is 0 Å². The highest BCUT2D eigenvalue weighted by Gasteiger charge is 2.44. The van der Waals surface area contributed by atoms with Crippen LogP contribution in [-0.2, 0) is 14.3 Å². The molecular formula is C11H17NO4. The summed E-state index contributed by atoms with van der Waals surface area (Å²) in [7, 11) is 1.57. The first-order valence-electron chi connectivity index (χ1n) is 5.68. The van der Waals surface area contributed by atoms with E-state index in [1.54, 1.807) is 7.05 Å². The van der Waals surface area contributed by atoms with Crippen molar-refractivity contribution < 1.29 is 19.4 Å². The van der Waals surface area contributed by atoms with Crippen molar-refractivity contribution in [2.75, 3.05) is 20.3 Å². The first-order chi connectivity index (χ1) is 7.61. The van der Waals surface area contributed by atoms with Gasteiger partial charge in [0.1, 0.15) is 6.04 Å². The molecule has 0 radical (unpaired) electrons. The molecule has 0 aromatic heterocycles. The van der Waals surface area contributed by atoms with E-state index in [0.717, 1.165) is 19.4 Å². The van der Waals surface area contributed by atoms with Crippen LogP contribution in [0, 0.1) is 11.8 Å². The minimum absolute atomic E-state index is 0.0390. The lowest BCUT2D eigenvalue weighted by Crippen LogP contribution is -2.36. The highest BCUT2D eigenvalue weighted by molar-refractivity contribution is 5.89. The predicted octanol–water partition coefficient (Wildman–Crippen LogP) is 0.344. The molecule has 2 fully saturated rings. The lowest BCUT2D eigenvalue weighted by atomic mass is 9.85. The second-order valence-corrected chi connectivity index (χ2v) is 4.62. The van der Waals surface area contributed by atoms with Crippen molar-refractivity contribution in [3.8, 4) is 0 Å². The fraction of sp³-hybridized carbons (Fsp3) is 0.818. The molecule has 3 atom stereocenters. The van der Waals surface area contributed by atoms with Gasteiger partial charge in [-0.05, 0) is 25.2 Å². The van der Waals surface area contributed by atoms with Crippen molar-refractivity contribution in [3.63, 3.8) is 0 Å². The first kappa shape index (κ1) is 11.4. The van der Waals surface area contributed by atoms with Crippen molar-refractivity contribution in [1.29, 1.82) is 0 Å². The SMILES string of the molecule is CN1C(=O)C(C2CCCOC2)CC1C(=O)O. The minimum Gasteiger partial charge on any atom is -0.480 e. The molecule has 0 aromatic carbocycles. The van der Waals surface area contributed by atoms with Gasteiger partial charge < -0.3 is 14.7 Å². The Bertz CT molecular complexity index is 298. The molecule has 2 heterocycles. The summed E-state index contributed by atoms with van der Waals surface area (Å²) < 4.78 is 5.36. The molecule has 5 nitrogen and oxygen atoms in total. The Labute approximate surface area is 94.4 Å². The topological polar surface area (TPSA) is 66.8 Å². The zero-order valence-electron chi connectivity index (χ0n) is 9.39. The van der Waals surface area contributed by atoms with Crippen LogP contribution >= 0.6 is 0 Å². The van der Waals surface area contributed by atoms with Crippen LogP contribution in [0.4, 0.5) is 0 Å². The fourth-order valence-electron chi connectivity index (χ4n) is 2.66. The monoisotopic (exact) mass is 227 g/mol. The zero-order valence-corrected chi connectivity index (χ0v) is 9.39. The Morgan fingerprint density at radius 3 is 2.81 bits per heavy atom. The van der Waals surface area contributed by atoms with E-state index in [1.807, 2.05) is 0 Å². The van der Waals surface area contributed by atoms with Crippen LogP contribution in [-0.4, -0.2) is 48.2 Å². The van der Waals surface area contributed by atoms with Crippen molar-refractivity contribution in [2.45, 2.75) is 25.3 Å². The number of carboxylic acids is 1. The summed E-state index contributed by atoms with van der Waals surface area (Å²) in [6.45, 7) is 1.35. The highest BCUT2D eigenvalue weighted by atomic mass is 16.5. The Morgan fingerprint density at radius 1 is 1.56 bits per heavy atom. The van der Waals surface area contributed by atoms with Crippen molar-refractivity contribution in [3.05, 3.63) is 0 Å². The Morgan fingerprint density at radius 2 is 2.31 bits per heavy atom. The van der Waals surface area contributed by atoms with Crippen LogP contribution in [0.15, 0.2) is 0 Å². The first-order valence-corrected chi connectivity index (χ1v) is 5.68. The number of carbonyl (C=O) groups is 2. The van der Waals surface area contributed by atoms with E-state index >= 15 is 0 Å². The summed E-state index contributed by atoms with van der Waals surface area (Å²) in [4.78, 5) is 24.2. The molecule has 1 amide bonds. The maximum atomic E-state index is 11.9. The summed E-state index contributed by atoms with van der Waals surface area (Å²) in [6, 6.07) is -0.653. The fourth-order valence-corrected chi connectivity index (χ4v) is 2.66. The van der Waals surface area contributed by atoms with Crippen LogP contribution in [0.3, 0.4) is 0 Å². The molecular weight excluding hydrogens is 210 g/mol. The Balaban J connectivity index is 2.06. The van der Waals surface area contributed by atoms with Gasteiger partial charge in [0.05, 0.1) is 6.61 Å². The van der Waals surface area contributed by atoms with Gasteiger partial charge in [0.15, 0.2) is 0 Å². The third-order valence-electron chi connectivity index (χ3n) is 3.66. The maximum Gasteiger partial charge on any atom is 0.326 e. The molecule has 0 aromatic rings. The number of hydrogen-bond acceptors (Lipinski definition) is 3. The van der Waals surface area contributed by atoms with Crippen LogP contribution in [0.1, 0.15) is 19.3 Å². The molecule has 1 N–H and O–H groups in total. The highest BCUT2D eigenvalue weighted by Crippen LogP contribution is 2.33. The van der Waals surface area contributed by atoms with E-state index in [-0.39, 0.29) is 17.7 Å². The van der Waals surface area contributed by atoms with Crippen molar-refractivity contribution in [1.82, 2.24) is 4.90 Å². The summed E-state index contributed by atoms with van der Waals surface area (Å²) in [5.41, 5.74) is 0. The molecule has 0 aliphatic carbocycles.